The molecule has 2 rings (SSSR count). The first-order chi connectivity index (χ1) is 6.61. The highest BCUT2D eigenvalue weighted by Crippen LogP contribution is 2.33. The van der Waals surface area contributed by atoms with E-state index in [2.05, 4.69) is 35.2 Å². The minimum atomic E-state index is -1.42. The minimum Gasteiger partial charge on any atom is -0.423 e. The van der Waals surface area contributed by atoms with Gasteiger partial charge in [0.25, 0.3) is 0 Å². The van der Waals surface area contributed by atoms with E-state index in [4.69, 9.17) is 10.0 Å². The van der Waals surface area contributed by atoms with Gasteiger partial charge < -0.3 is 10.0 Å². The first-order valence-electron chi connectivity index (χ1n) is 3.87. The maximum atomic E-state index is 9.16. The van der Waals surface area contributed by atoms with Crippen molar-refractivity contribution in [1.82, 2.24) is 0 Å². The van der Waals surface area contributed by atoms with Crippen molar-refractivity contribution in [1.29, 1.82) is 0 Å². The van der Waals surface area contributed by atoms with Gasteiger partial charge in [-0.2, -0.15) is 0 Å². The zero-order valence-corrected chi connectivity index (χ0v) is 10.8. The van der Waals surface area contributed by atoms with Crippen molar-refractivity contribution in [2.24, 2.45) is 0 Å². The molecule has 0 radical (unpaired) electrons. The van der Waals surface area contributed by atoms with Gasteiger partial charge in [-0.15, -0.1) is 24.0 Å². The third-order valence-corrected chi connectivity index (χ3v) is 5.24. The van der Waals surface area contributed by atoms with Crippen LogP contribution < -0.4 is 5.46 Å². The molecule has 0 spiro atoms. The number of thiophene rings is 1. The van der Waals surface area contributed by atoms with Gasteiger partial charge in [0.05, 0.1) is 2.88 Å². The number of halogens is 1. The van der Waals surface area contributed by atoms with Gasteiger partial charge in [-0.3, -0.25) is 0 Å². The lowest BCUT2D eigenvalue weighted by Crippen LogP contribution is -2.29. The normalized spacial score (nSPS) is 10.9. The van der Waals surface area contributed by atoms with E-state index >= 15 is 0 Å². The highest BCUT2D eigenvalue weighted by molar-refractivity contribution is 14.1. The number of benzene rings is 1. The zero-order valence-electron chi connectivity index (χ0n) is 6.94. The summed E-state index contributed by atoms with van der Waals surface area (Å²) < 4.78 is 1.96. The summed E-state index contributed by atoms with van der Waals surface area (Å²) in [6.45, 7) is 0. The maximum Gasteiger partial charge on any atom is 0.489 e. The molecule has 0 aliphatic rings. The summed E-state index contributed by atoms with van der Waals surface area (Å²) in [6, 6.07) is 5.45. The van der Waals surface area contributed by atoms with Crippen LogP contribution >= 0.6 is 46.6 Å². The molecule has 14 heavy (non-hydrogen) atoms. The van der Waals surface area contributed by atoms with Crippen LogP contribution in [0.3, 0.4) is 0 Å². The molecule has 0 atom stereocenters. The molecule has 0 unspecified atom stereocenters. The Bertz CT molecular complexity index is 483. The van der Waals surface area contributed by atoms with Crippen LogP contribution in [0.1, 0.15) is 0 Å². The fourth-order valence-corrected chi connectivity index (χ4v) is 3.61. The molecule has 0 saturated carbocycles. The second kappa shape index (κ2) is 4.01. The number of thiol groups is 1. The van der Waals surface area contributed by atoms with E-state index in [1.807, 2.05) is 6.07 Å². The van der Waals surface area contributed by atoms with E-state index in [0.717, 1.165) is 17.9 Å². The van der Waals surface area contributed by atoms with E-state index in [0.29, 0.717) is 5.46 Å². The van der Waals surface area contributed by atoms with Gasteiger partial charge in [-0.1, -0.05) is 18.2 Å². The molecule has 2 N–H and O–H groups in total. The van der Waals surface area contributed by atoms with Crippen LogP contribution in [0.5, 0.6) is 0 Å². The van der Waals surface area contributed by atoms with E-state index < -0.39 is 7.12 Å². The van der Waals surface area contributed by atoms with Gasteiger partial charge in [-0.05, 0) is 28.1 Å². The van der Waals surface area contributed by atoms with Crippen LogP contribution in [0.25, 0.3) is 10.1 Å². The Hall–Kier alpha value is 0.245. The summed E-state index contributed by atoms with van der Waals surface area (Å²) in [7, 11) is -1.42. The monoisotopic (exact) mass is 336 g/mol. The summed E-state index contributed by atoms with van der Waals surface area (Å²) in [5.74, 6) is 0. The number of hydrogen-bond acceptors (Lipinski definition) is 4. The fourth-order valence-electron chi connectivity index (χ4n) is 1.30. The molecular formula is C8H6BIO2S2. The topological polar surface area (TPSA) is 40.5 Å². The average Bonchev–Trinajstić information content (AvgIpc) is 2.43. The predicted octanol–water partition coefficient (Wildman–Crippen LogP) is 1.47. The zero-order chi connectivity index (χ0) is 10.3. The smallest absolute Gasteiger partial charge is 0.423 e. The largest absolute Gasteiger partial charge is 0.489 e. The molecule has 2 aromatic rings. The second-order valence-electron chi connectivity index (χ2n) is 2.82. The van der Waals surface area contributed by atoms with Crippen LogP contribution in [-0.4, -0.2) is 17.2 Å². The molecular weight excluding hydrogens is 330 g/mol. The highest BCUT2D eigenvalue weighted by Gasteiger charge is 2.17. The van der Waals surface area contributed by atoms with Crippen molar-refractivity contribution in [3.63, 3.8) is 0 Å². The number of fused-ring (bicyclic) bond motifs is 1. The second-order valence-corrected chi connectivity index (χ2v) is 6.10. The predicted molar refractivity (Wildman–Crippen MR) is 71.6 cm³/mol. The van der Waals surface area contributed by atoms with Gasteiger partial charge >= 0.3 is 7.12 Å². The molecule has 0 amide bonds. The van der Waals surface area contributed by atoms with Gasteiger partial charge in [0.1, 0.15) is 0 Å². The van der Waals surface area contributed by atoms with Crippen LogP contribution in [0, 0.1) is 2.88 Å². The third-order valence-electron chi connectivity index (χ3n) is 1.96. The van der Waals surface area contributed by atoms with Crippen molar-refractivity contribution in [2.45, 2.75) is 4.90 Å². The van der Waals surface area contributed by atoms with E-state index in [9.17, 15) is 0 Å². The van der Waals surface area contributed by atoms with E-state index in [1.54, 1.807) is 12.1 Å². The first kappa shape index (κ1) is 10.8. The Morgan fingerprint density at radius 1 is 1.36 bits per heavy atom. The lowest BCUT2D eigenvalue weighted by molar-refractivity contribution is 0.426. The summed E-state index contributed by atoms with van der Waals surface area (Å²) in [6.07, 6.45) is 0. The Morgan fingerprint density at radius 2 is 2.07 bits per heavy atom. The Labute approximate surface area is 105 Å². The summed E-state index contributed by atoms with van der Waals surface area (Å²) >= 11 is 8.09. The van der Waals surface area contributed by atoms with Crippen molar-refractivity contribution in [2.75, 3.05) is 0 Å². The molecule has 6 heteroatoms. The van der Waals surface area contributed by atoms with Gasteiger partial charge in [-0.25, -0.2) is 0 Å². The molecule has 0 fully saturated rings. The summed E-state index contributed by atoms with van der Waals surface area (Å²) in [5, 5.41) is 19.3. The van der Waals surface area contributed by atoms with Gasteiger partial charge in [0.2, 0.25) is 0 Å². The first-order valence-corrected chi connectivity index (χ1v) is 6.21. The van der Waals surface area contributed by atoms with Crippen molar-refractivity contribution in [3.05, 3.63) is 21.1 Å². The molecule has 0 aliphatic carbocycles. The third kappa shape index (κ3) is 1.69. The molecule has 0 aliphatic heterocycles. The fraction of sp³-hybridized carbons (Fsp3) is 0. The molecule has 72 valence electrons. The van der Waals surface area contributed by atoms with Crippen LogP contribution in [0.4, 0.5) is 0 Å². The SMILES string of the molecule is OB(O)c1cccc2c(S)c(I)sc12. The van der Waals surface area contributed by atoms with Gasteiger partial charge in [0.15, 0.2) is 0 Å². The molecule has 0 saturated heterocycles. The highest BCUT2D eigenvalue weighted by atomic mass is 127. The maximum absolute atomic E-state index is 9.16. The molecule has 1 heterocycles. The minimum absolute atomic E-state index is 0.547. The van der Waals surface area contributed by atoms with E-state index in [1.165, 1.54) is 11.3 Å². The van der Waals surface area contributed by atoms with Crippen LogP contribution in [0.2, 0.25) is 0 Å². The number of rotatable bonds is 1. The van der Waals surface area contributed by atoms with Crippen molar-refractivity contribution >= 4 is 69.2 Å². The summed E-state index contributed by atoms with van der Waals surface area (Å²) in [5.41, 5.74) is 0.547. The lowest BCUT2D eigenvalue weighted by Gasteiger charge is -2.00. The Balaban J connectivity index is 2.81. The van der Waals surface area contributed by atoms with Crippen molar-refractivity contribution < 1.29 is 10.0 Å². The molecule has 1 aromatic carbocycles. The van der Waals surface area contributed by atoms with Crippen molar-refractivity contribution in [3.8, 4) is 0 Å². The van der Waals surface area contributed by atoms with Crippen LogP contribution in [-0.2, 0) is 0 Å². The van der Waals surface area contributed by atoms with E-state index in [-0.39, 0.29) is 0 Å². The molecule has 0 bridgehead atoms. The Morgan fingerprint density at radius 3 is 2.71 bits per heavy atom. The average molecular weight is 336 g/mol. The standard InChI is InChI=1S/C8H6BIO2S2/c10-8-6(13)4-2-1-3-5(9(11)12)7(4)14-8/h1-3,11-13H. The van der Waals surface area contributed by atoms with Crippen LogP contribution in [0.15, 0.2) is 23.1 Å². The quantitative estimate of drug-likeness (QED) is 0.419. The lowest BCUT2D eigenvalue weighted by atomic mass is 9.80. The molecule has 1 aromatic heterocycles. The number of hydrogen-bond donors (Lipinski definition) is 3. The van der Waals surface area contributed by atoms with Gasteiger partial charge in [0, 0.05) is 15.0 Å². The summed E-state index contributed by atoms with van der Waals surface area (Å²) in [4.78, 5) is 0.910. The Kier molecular flexibility index (Phi) is 3.08. The molecule has 2 nitrogen and oxygen atoms in total.